The molecule has 0 aromatic heterocycles. The lowest BCUT2D eigenvalue weighted by Crippen LogP contribution is -2.25. The van der Waals surface area contributed by atoms with Crippen molar-refractivity contribution in [3.63, 3.8) is 0 Å². The fourth-order valence-electron chi connectivity index (χ4n) is 5.59. The van der Waals surface area contributed by atoms with Crippen LogP contribution in [0.25, 0.3) is 43.4 Å². The normalized spacial score (nSPS) is 13.1. The summed E-state index contributed by atoms with van der Waals surface area (Å²) in [7, 11) is -3.11. The van der Waals surface area contributed by atoms with E-state index in [4.69, 9.17) is 0 Å². The van der Waals surface area contributed by atoms with Crippen LogP contribution in [0.1, 0.15) is 0 Å². The Kier molecular flexibility index (Phi) is 5.46. The quantitative estimate of drug-likeness (QED) is 0.174. The molecule has 1 unspecified atom stereocenters. The van der Waals surface area contributed by atoms with Gasteiger partial charge in [-0.25, -0.2) is 0 Å². The van der Waals surface area contributed by atoms with Crippen molar-refractivity contribution in [2.24, 2.45) is 0 Å². The molecule has 0 heterocycles. The molecule has 7 aromatic rings. The molecule has 0 N–H and O–H groups in total. The summed E-state index contributed by atoms with van der Waals surface area (Å²) >= 11 is 0. The highest BCUT2D eigenvalue weighted by molar-refractivity contribution is 7.85. The lowest BCUT2D eigenvalue weighted by Gasteiger charge is -2.22. The number of hydrogen-bond donors (Lipinski definition) is 0. The van der Waals surface area contributed by atoms with Gasteiger partial charge in [-0.15, -0.1) is 0 Å². The average molecular weight is 505 g/mol. The molecule has 0 aliphatic heterocycles. The number of hydrogen-bond acceptors (Lipinski definition) is 1. The monoisotopic (exact) mass is 504 g/mol. The topological polar surface area (TPSA) is 17.1 Å². The molecular weight excluding hydrogens is 479 g/mol. The zero-order chi connectivity index (χ0) is 25.5. The maximum atomic E-state index is 15.2. The van der Waals surface area contributed by atoms with Crippen LogP contribution in [0.15, 0.2) is 152 Å². The Bertz CT molecular complexity index is 1980. The Balaban J connectivity index is 1.38. The second kappa shape index (κ2) is 9.14. The number of fused-ring (bicyclic) bond motifs is 4. The van der Waals surface area contributed by atoms with Gasteiger partial charge < -0.3 is 4.57 Å². The molecule has 7 aromatic carbocycles. The molecule has 0 aliphatic rings. The van der Waals surface area contributed by atoms with Crippen LogP contribution < -0.4 is 15.9 Å². The van der Waals surface area contributed by atoms with Gasteiger partial charge in [0.05, 0.1) is 0 Å². The summed E-state index contributed by atoms with van der Waals surface area (Å²) in [5.74, 6) is 0. The summed E-state index contributed by atoms with van der Waals surface area (Å²) in [6, 6.07) is 52.1. The third-order valence-electron chi connectivity index (χ3n) is 7.54. The molecule has 1 atom stereocenters. The van der Waals surface area contributed by atoms with Crippen molar-refractivity contribution >= 4 is 55.4 Å². The second-order valence-corrected chi connectivity index (χ2v) is 12.4. The summed E-state index contributed by atoms with van der Waals surface area (Å²) in [5, 5.41) is 9.68. The molecule has 2 heteroatoms. The maximum Gasteiger partial charge on any atom is 0.171 e. The SMILES string of the molecule is O=P(c1ccccc1)(c1ccc(-c2ccc3ccc4ccccc4c3c2)cc1)c1cccc2ccccc12. The summed E-state index contributed by atoms with van der Waals surface area (Å²) in [6.45, 7) is 0. The summed E-state index contributed by atoms with van der Waals surface area (Å²) in [5.41, 5.74) is 2.27. The van der Waals surface area contributed by atoms with E-state index in [1.54, 1.807) is 0 Å². The minimum atomic E-state index is -3.11. The first kappa shape index (κ1) is 22.7. The van der Waals surface area contributed by atoms with E-state index in [1.807, 2.05) is 54.6 Å². The average Bonchev–Trinajstić information content (AvgIpc) is 3.00. The molecule has 38 heavy (non-hydrogen) atoms. The molecule has 0 radical (unpaired) electrons. The van der Waals surface area contributed by atoms with E-state index in [-0.39, 0.29) is 0 Å². The molecular formula is C36H25OP. The van der Waals surface area contributed by atoms with Gasteiger partial charge in [-0.2, -0.15) is 0 Å². The number of rotatable bonds is 4. The van der Waals surface area contributed by atoms with Crippen molar-refractivity contribution in [2.75, 3.05) is 0 Å². The molecule has 0 bridgehead atoms. The third-order valence-corrected chi connectivity index (χ3v) is 10.7. The maximum absolute atomic E-state index is 15.2. The Hall–Kier alpha value is -4.45. The highest BCUT2D eigenvalue weighted by Gasteiger charge is 2.31. The summed E-state index contributed by atoms with van der Waals surface area (Å²) in [6.07, 6.45) is 0. The lowest BCUT2D eigenvalue weighted by molar-refractivity contribution is 0.592. The molecule has 180 valence electrons. The molecule has 0 fully saturated rings. The molecule has 0 spiro atoms. The van der Waals surface area contributed by atoms with E-state index >= 15 is 4.57 Å². The van der Waals surface area contributed by atoms with Crippen molar-refractivity contribution < 1.29 is 4.57 Å². The minimum absolute atomic E-state index is 0.843. The van der Waals surface area contributed by atoms with Gasteiger partial charge in [0.2, 0.25) is 0 Å². The van der Waals surface area contributed by atoms with Crippen LogP contribution in [0.5, 0.6) is 0 Å². The van der Waals surface area contributed by atoms with Gasteiger partial charge in [0.25, 0.3) is 0 Å². The Morgan fingerprint density at radius 3 is 1.66 bits per heavy atom. The van der Waals surface area contributed by atoms with Gasteiger partial charge in [0.1, 0.15) is 0 Å². The predicted molar refractivity (Wildman–Crippen MR) is 164 cm³/mol. The van der Waals surface area contributed by atoms with Crippen molar-refractivity contribution in [2.45, 2.75) is 0 Å². The van der Waals surface area contributed by atoms with Gasteiger partial charge in [0, 0.05) is 15.9 Å². The molecule has 0 saturated carbocycles. The van der Waals surface area contributed by atoms with Gasteiger partial charge >= 0.3 is 0 Å². The molecule has 7 rings (SSSR count). The molecule has 0 amide bonds. The Morgan fingerprint density at radius 2 is 0.895 bits per heavy atom. The lowest BCUT2D eigenvalue weighted by atomic mass is 9.97. The van der Waals surface area contributed by atoms with Crippen molar-refractivity contribution in [3.8, 4) is 11.1 Å². The summed E-state index contributed by atoms with van der Waals surface area (Å²) < 4.78 is 15.2. The van der Waals surface area contributed by atoms with Crippen molar-refractivity contribution in [3.05, 3.63) is 152 Å². The first-order valence-corrected chi connectivity index (χ1v) is 14.6. The van der Waals surface area contributed by atoms with Crippen LogP contribution >= 0.6 is 7.14 Å². The standard InChI is InChI=1S/C36H25OP/c37-38(31-12-2-1-3-13-31,36-16-8-11-27-9-5-7-15-34(27)36)32-23-21-26(22-24-32)30-20-19-29-18-17-28-10-4-6-14-33(28)35(29)25-30/h1-25H. The highest BCUT2D eigenvalue weighted by atomic mass is 31.2. The minimum Gasteiger partial charge on any atom is -0.309 e. The fraction of sp³-hybridized carbons (Fsp3) is 0. The van der Waals surface area contributed by atoms with Crippen LogP contribution in [0.3, 0.4) is 0 Å². The zero-order valence-corrected chi connectivity index (χ0v) is 21.7. The largest absolute Gasteiger partial charge is 0.309 e. The zero-order valence-electron chi connectivity index (χ0n) is 20.8. The highest BCUT2D eigenvalue weighted by Crippen LogP contribution is 2.44. The van der Waals surface area contributed by atoms with E-state index in [0.717, 1.165) is 37.8 Å². The van der Waals surface area contributed by atoms with E-state index < -0.39 is 7.14 Å². The number of benzene rings is 7. The van der Waals surface area contributed by atoms with Crippen LogP contribution in [0.4, 0.5) is 0 Å². The fourth-order valence-corrected chi connectivity index (χ4v) is 8.45. The molecule has 0 saturated heterocycles. The van der Waals surface area contributed by atoms with Gasteiger partial charge in [0.15, 0.2) is 7.14 Å². The van der Waals surface area contributed by atoms with Crippen molar-refractivity contribution in [1.29, 1.82) is 0 Å². The van der Waals surface area contributed by atoms with E-state index in [9.17, 15) is 0 Å². The first-order valence-electron chi connectivity index (χ1n) is 12.9. The smallest absolute Gasteiger partial charge is 0.171 e. The Morgan fingerprint density at radius 1 is 0.368 bits per heavy atom. The molecule has 1 nitrogen and oxygen atoms in total. The van der Waals surface area contributed by atoms with Crippen LogP contribution in [0, 0.1) is 0 Å². The van der Waals surface area contributed by atoms with Gasteiger partial charge in [-0.1, -0.05) is 146 Å². The van der Waals surface area contributed by atoms with E-state index in [1.165, 1.54) is 21.5 Å². The Labute approximate surface area is 222 Å². The van der Waals surface area contributed by atoms with Crippen molar-refractivity contribution in [1.82, 2.24) is 0 Å². The van der Waals surface area contributed by atoms with Gasteiger partial charge in [-0.05, 0) is 49.5 Å². The predicted octanol–water partition coefficient (Wildman–Crippen LogP) is 8.45. The van der Waals surface area contributed by atoms with E-state index in [2.05, 4.69) is 97.1 Å². The van der Waals surface area contributed by atoms with Gasteiger partial charge in [-0.3, -0.25) is 0 Å². The van der Waals surface area contributed by atoms with Crippen LogP contribution in [-0.2, 0) is 4.57 Å². The second-order valence-electron chi connectivity index (χ2n) is 9.71. The first-order chi connectivity index (χ1) is 18.7. The molecule has 0 aliphatic carbocycles. The van der Waals surface area contributed by atoms with Crippen LogP contribution in [-0.4, -0.2) is 0 Å². The van der Waals surface area contributed by atoms with Crippen LogP contribution in [0.2, 0.25) is 0 Å². The van der Waals surface area contributed by atoms with E-state index in [0.29, 0.717) is 0 Å². The third kappa shape index (κ3) is 3.67. The summed E-state index contributed by atoms with van der Waals surface area (Å²) in [4.78, 5) is 0.